The lowest BCUT2D eigenvalue weighted by Gasteiger charge is -2.34. The molecule has 6 heteroatoms. The molecule has 2 aliphatic heterocycles. The number of rotatable bonds is 5. The van der Waals surface area contributed by atoms with Gasteiger partial charge >= 0.3 is 0 Å². The Morgan fingerprint density at radius 2 is 2.16 bits per heavy atom. The maximum Gasteiger partial charge on any atom is 0.115 e. The Balaban J connectivity index is 1.48. The van der Waals surface area contributed by atoms with Gasteiger partial charge in [0.2, 0.25) is 0 Å². The number of pyridine rings is 1. The fraction of sp³-hybridized carbons (Fsp3) is 0.526. The average molecular weight is 339 g/mol. The second-order valence-electron chi connectivity index (χ2n) is 7.02. The molecule has 25 heavy (non-hydrogen) atoms. The number of hydrogen-bond donors (Lipinski definition) is 0. The molecular formula is C19H25N5O. The molecule has 2 aromatic heterocycles. The lowest BCUT2D eigenvalue weighted by Crippen LogP contribution is -2.46. The van der Waals surface area contributed by atoms with Gasteiger partial charge in [-0.25, -0.2) is 9.97 Å². The molecule has 2 saturated heterocycles. The Hall–Kier alpha value is -1.89. The summed E-state index contributed by atoms with van der Waals surface area (Å²) in [6.45, 7) is 3.62. The molecule has 132 valence electrons. The summed E-state index contributed by atoms with van der Waals surface area (Å²) in [6.07, 6.45) is 9.85. The highest BCUT2D eigenvalue weighted by atomic mass is 16.5. The van der Waals surface area contributed by atoms with E-state index in [1.807, 2.05) is 24.7 Å². The number of nitrogens with zero attached hydrogens (tertiary/aromatic N) is 5. The van der Waals surface area contributed by atoms with Crippen LogP contribution in [0.25, 0.3) is 0 Å². The molecule has 3 atom stereocenters. The number of hydrogen-bond acceptors (Lipinski definition) is 6. The monoisotopic (exact) mass is 339 g/mol. The number of aromatic nitrogens is 3. The van der Waals surface area contributed by atoms with Gasteiger partial charge in [0, 0.05) is 56.4 Å². The molecule has 0 N–H and O–H groups in total. The second-order valence-corrected chi connectivity index (χ2v) is 7.02. The lowest BCUT2D eigenvalue weighted by atomic mass is 10.00. The van der Waals surface area contributed by atoms with Crippen LogP contribution in [0.3, 0.4) is 0 Å². The Bertz CT molecular complexity index is 668. The molecule has 0 spiro atoms. The zero-order valence-electron chi connectivity index (χ0n) is 14.7. The van der Waals surface area contributed by atoms with Crippen LogP contribution in [-0.4, -0.2) is 63.1 Å². The van der Waals surface area contributed by atoms with Crippen LogP contribution in [0.1, 0.15) is 24.1 Å². The van der Waals surface area contributed by atoms with Gasteiger partial charge in [-0.05, 0) is 32.0 Å². The van der Waals surface area contributed by atoms with Crippen LogP contribution in [0.5, 0.6) is 0 Å². The fourth-order valence-electron chi connectivity index (χ4n) is 4.11. The summed E-state index contributed by atoms with van der Waals surface area (Å²) in [5, 5.41) is 0. The van der Waals surface area contributed by atoms with Crippen molar-refractivity contribution in [1.82, 2.24) is 24.8 Å². The first-order valence-corrected chi connectivity index (χ1v) is 9.01. The van der Waals surface area contributed by atoms with E-state index < -0.39 is 0 Å². The van der Waals surface area contributed by atoms with E-state index >= 15 is 0 Å². The van der Waals surface area contributed by atoms with Crippen LogP contribution in [0.4, 0.5) is 0 Å². The summed E-state index contributed by atoms with van der Waals surface area (Å²) in [4.78, 5) is 17.7. The summed E-state index contributed by atoms with van der Waals surface area (Å²) in [5.74, 6) is 0. The van der Waals surface area contributed by atoms with Gasteiger partial charge in [0.1, 0.15) is 6.33 Å². The van der Waals surface area contributed by atoms with Gasteiger partial charge in [-0.1, -0.05) is 6.07 Å². The Kier molecular flexibility index (Phi) is 5.01. The van der Waals surface area contributed by atoms with Gasteiger partial charge in [-0.3, -0.25) is 14.8 Å². The third kappa shape index (κ3) is 3.71. The molecule has 0 unspecified atom stereocenters. The highest BCUT2D eigenvalue weighted by molar-refractivity contribution is 5.09. The van der Waals surface area contributed by atoms with Crippen molar-refractivity contribution in [2.75, 3.05) is 20.2 Å². The highest BCUT2D eigenvalue weighted by Gasteiger charge is 2.45. The van der Waals surface area contributed by atoms with Crippen LogP contribution in [-0.2, 0) is 17.8 Å². The standard InChI is InChI=1S/C19H25N5O/c1-23(11-15-9-20-14-21-10-15)18-13-24(12-16-5-2-3-7-22-16)17-6-4-8-25-19(17)18/h2-3,5,7,9-10,14,17-19H,4,6,8,11-13H2,1H3/t17-,18+,19+/m1/s1. The smallest absolute Gasteiger partial charge is 0.115 e. The molecule has 0 aliphatic carbocycles. The summed E-state index contributed by atoms with van der Waals surface area (Å²) in [5.41, 5.74) is 2.27. The van der Waals surface area contributed by atoms with Gasteiger partial charge in [0.15, 0.2) is 0 Å². The molecule has 0 radical (unpaired) electrons. The first-order chi connectivity index (χ1) is 12.3. The second kappa shape index (κ2) is 7.56. The van der Waals surface area contributed by atoms with Crippen molar-refractivity contribution in [1.29, 1.82) is 0 Å². The van der Waals surface area contributed by atoms with Gasteiger partial charge in [-0.15, -0.1) is 0 Å². The Labute approximate surface area is 148 Å². The van der Waals surface area contributed by atoms with E-state index in [1.165, 1.54) is 6.42 Å². The van der Waals surface area contributed by atoms with E-state index in [2.05, 4.69) is 43.9 Å². The minimum Gasteiger partial charge on any atom is -0.375 e. The van der Waals surface area contributed by atoms with Crippen LogP contribution in [0, 0.1) is 0 Å². The topological polar surface area (TPSA) is 54.4 Å². The predicted octanol–water partition coefficient (Wildman–Crippen LogP) is 1.74. The van der Waals surface area contributed by atoms with Crippen molar-refractivity contribution < 1.29 is 4.74 Å². The number of fused-ring (bicyclic) bond motifs is 1. The van der Waals surface area contributed by atoms with E-state index in [9.17, 15) is 0 Å². The zero-order chi connectivity index (χ0) is 17.1. The summed E-state index contributed by atoms with van der Waals surface area (Å²) in [6, 6.07) is 7.01. The number of ether oxygens (including phenoxy) is 1. The maximum absolute atomic E-state index is 6.21. The van der Waals surface area contributed by atoms with Crippen molar-refractivity contribution in [3.63, 3.8) is 0 Å². The normalized spacial score (nSPS) is 26.7. The predicted molar refractivity (Wildman–Crippen MR) is 94.7 cm³/mol. The third-order valence-corrected chi connectivity index (χ3v) is 5.31. The average Bonchev–Trinajstić information content (AvgIpc) is 3.02. The van der Waals surface area contributed by atoms with Crippen LogP contribution < -0.4 is 0 Å². The van der Waals surface area contributed by atoms with E-state index in [1.54, 1.807) is 6.33 Å². The molecule has 0 amide bonds. The van der Waals surface area contributed by atoms with Crippen molar-refractivity contribution in [2.24, 2.45) is 0 Å². The first-order valence-electron chi connectivity index (χ1n) is 9.01. The molecule has 2 aliphatic rings. The molecule has 4 rings (SSSR count). The quantitative estimate of drug-likeness (QED) is 0.827. The molecular weight excluding hydrogens is 314 g/mol. The first kappa shape index (κ1) is 16.6. The van der Waals surface area contributed by atoms with Gasteiger partial charge in [0.25, 0.3) is 0 Å². The van der Waals surface area contributed by atoms with Gasteiger partial charge < -0.3 is 4.74 Å². The maximum atomic E-state index is 6.21. The van der Waals surface area contributed by atoms with Crippen molar-refractivity contribution in [2.45, 2.75) is 44.1 Å². The highest BCUT2D eigenvalue weighted by Crippen LogP contribution is 2.32. The van der Waals surface area contributed by atoms with Crippen molar-refractivity contribution >= 4 is 0 Å². The summed E-state index contributed by atoms with van der Waals surface area (Å²) in [7, 11) is 2.18. The fourth-order valence-corrected chi connectivity index (χ4v) is 4.11. The van der Waals surface area contributed by atoms with Crippen molar-refractivity contribution in [3.8, 4) is 0 Å². The molecule has 2 aromatic rings. The summed E-state index contributed by atoms with van der Waals surface area (Å²) < 4.78 is 6.21. The molecule has 0 aromatic carbocycles. The van der Waals surface area contributed by atoms with Crippen LogP contribution >= 0.6 is 0 Å². The Morgan fingerprint density at radius 3 is 2.96 bits per heavy atom. The van der Waals surface area contributed by atoms with E-state index in [0.29, 0.717) is 12.1 Å². The van der Waals surface area contributed by atoms with Gasteiger partial charge in [0.05, 0.1) is 17.8 Å². The van der Waals surface area contributed by atoms with Crippen molar-refractivity contribution in [3.05, 3.63) is 54.4 Å². The minimum absolute atomic E-state index is 0.270. The third-order valence-electron chi connectivity index (χ3n) is 5.31. The molecule has 4 heterocycles. The van der Waals surface area contributed by atoms with E-state index in [4.69, 9.17) is 4.74 Å². The summed E-state index contributed by atoms with van der Waals surface area (Å²) >= 11 is 0. The van der Waals surface area contributed by atoms with E-state index in [-0.39, 0.29) is 6.10 Å². The number of likely N-dealkylation sites (N-methyl/N-ethyl adjacent to an activating group) is 1. The SMILES string of the molecule is CN(Cc1cncnc1)[C@H]1CN(Cc2ccccn2)[C@@H]2CCCO[C@@H]21. The number of likely N-dealkylation sites (tertiary alicyclic amines) is 1. The molecule has 0 bridgehead atoms. The zero-order valence-corrected chi connectivity index (χ0v) is 14.7. The van der Waals surface area contributed by atoms with Crippen LogP contribution in [0.15, 0.2) is 43.1 Å². The molecule has 2 fully saturated rings. The van der Waals surface area contributed by atoms with Crippen LogP contribution in [0.2, 0.25) is 0 Å². The largest absolute Gasteiger partial charge is 0.375 e. The minimum atomic E-state index is 0.270. The van der Waals surface area contributed by atoms with Gasteiger partial charge in [-0.2, -0.15) is 0 Å². The Morgan fingerprint density at radius 1 is 1.28 bits per heavy atom. The molecule has 6 nitrogen and oxygen atoms in total. The molecule has 0 saturated carbocycles. The lowest BCUT2D eigenvalue weighted by molar-refractivity contribution is -0.0386. The van der Waals surface area contributed by atoms with E-state index in [0.717, 1.165) is 43.9 Å².